The molecule has 1 heterocycles. The third-order valence-electron chi connectivity index (χ3n) is 4.50. The number of urea groups is 1. The molecule has 108 valence electrons. The lowest BCUT2D eigenvalue weighted by Crippen LogP contribution is -2.52. The number of piperidine rings is 1. The van der Waals surface area contributed by atoms with Crippen LogP contribution in [0.1, 0.15) is 51.9 Å². The van der Waals surface area contributed by atoms with Crippen LogP contribution in [0.3, 0.4) is 0 Å². The summed E-state index contributed by atoms with van der Waals surface area (Å²) in [5.41, 5.74) is 0. The molecular weight excluding hydrogens is 244 g/mol. The highest BCUT2D eigenvalue weighted by Crippen LogP contribution is 2.27. The largest absolute Gasteiger partial charge is 0.481 e. The normalized spacial score (nSPS) is 31.2. The Hall–Kier alpha value is -1.26. The van der Waals surface area contributed by atoms with Crippen LogP contribution in [-0.4, -0.2) is 40.6 Å². The van der Waals surface area contributed by atoms with Gasteiger partial charge in [0.1, 0.15) is 0 Å². The van der Waals surface area contributed by atoms with Crippen molar-refractivity contribution in [3.8, 4) is 0 Å². The van der Waals surface area contributed by atoms with Crippen molar-refractivity contribution in [3.05, 3.63) is 0 Å². The van der Waals surface area contributed by atoms with Crippen molar-refractivity contribution in [2.75, 3.05) is 6.54 Å². The monoisotopic (exact) mass is 268 g/mol. The van der Waals surface area contributed by atoms with E-state index in [1.807, 2.05) is 4.90 Å². The van der Waals surface area contributed by atoms with E-state index < -0.39 is 11.9 Å². The second kappa shape index (κ2) is 6.26. The highest BCUT2D eigenvalue weighted by atomic mass is 16.4. The number of amides is 2. The van der Waals surface area contributed by atoms with Crippen LogP contribution < -0.4 is 5.32 Å². The molecule has 1 saturated carbocycles. The van der Waals surface area contributed by atoms with Gasteiger partial charge in [-0.3, -0.25) is 4.79 Å². The number of hydrogen-bond acceptors (Lipinski definition) is 2. The molecular formula is C14H24N2O3. The molecule has 2 amide bonds. The Morgan fingerprint density at radius 1 is 1.21 bits per heavy atom. The Bertz CT molecular complexity index is 346. The second-order valence-electron chi connectivity index (χ2n) is 5.68. The molecule has 0 spiro atoms. The maximum atomic E-state index is 12.3. The average Bonchev–Trinajstić information content (AvgIpc) is 2.87. The van der Waals surface area contributed by atoms with Crippen molar-refractivity contribution in [1.29, 1.82) is 0 Å². The van der Waals surface area contributed by atoms with Gasteiger partial charge in [0, 0.05) is 18.6 Å². The van der Waals surface area contributed by atoms with Gasteiger partial charge in [0.15, 0.2) is 0 Å². The van der Waals surface area contributed by atoms with Crippen LogP contribution in [0.4, 0.5) is 4.79 Å². The minimum Gasteiger partial charge on any atom is -0.481 e. The van der Waals surface area contributed by atoms with Gasteiger partial charge in [0.2, 0.25) is 0 Å². The molecule has 2 rings (SSSR count). The number of aliphatic carboxylic acids is 1. The number of carboxylic acids is 1. The first-order valence-corrected chi connectivity index (χ1v) is 7.43. The summed E-state index contributed by atoms with van der Waals surface area (Å²) in [6.07, 6.45) is 6.63. The summed E-state index contributed by atoms with van der Waals surface area (Å²) >= 11 is 0. The van der Waals surface area contributed by atoms with E-state index in [-0.39, 0.29) is 12.1 Å². The molecule has 19 heavy (non-hydrogen) atoms. The molecule has 5 heteroatoms. The molecule has 3 unspecified atom stereocenters. The zero-order valence-electron chi connectivity index (χ0n) is 11.6. The predicted octanol–water partition coefficient (Wildman–Crippen LogP) is 2.21. The van der Waals surface area contributed by atoms with E-state index in [4.69, 9.17) is 5.11 Å². The molecule has 0 aromatic carbocycles. The van der Waals surface area contributed by atoms with E-state index in [0.29, 0.717) is 12.5 Å². The van der Waals surface area contributed by atoms with Crippen molar-refractivity contribution >= 4 is 12.0 Å². The highest BCUT2D eigenvalue weighted by molar-refractivity contribution is 5.77. The molecule has 5 nitrogen and oxygen atoms in total. The summed E-state index contributed by atoms with van der Waals surface area (Å²) in [4.78, 5) is 25.3. The number of nitrogens with one attached hydrogen (secondary N) is 1. The van der Waals surface area contributed by atoms with Crippen molar-refractivity contribution in [2.24, 2.45) is 5.92 Å². The fourth-order valence-corrected chi connectivity index (χ4v) is 3.36. The van der Waals surface area contributed by atoms with Gasteiger partial charge in [0.05, 0.1) is 5.92 Å². The lowest BCUT2D eigenvalue weighted by Gasteiger charge is -2.36. The van der Waals surface area contributed by atoms with Gasteiger partial charge in [-0.1, -0.05) is 13.3 Å². The topological polar surface area (TPSA) is 69.6 Å². The predicted molar refractivity (Wildman–Crippen MR) is 71.9 cm³/mol. The molecule has 3 atom stereocenters. The molecule has 1 aliphatic carbocycles. The maximum absolute atomic E-state index is 12.3. The van der Waals surface area contributed by atoms with Crippen LogP contribution in [0.15, 0.2) is 0 Å². The van der Waals surface area contributed by atoms with Crippen LogP contribution in [-0.2, 0) is 4.79 Å². The average molecular weight is 268 g/mol. The number of likely N-dealkylation sites (tertiary alicyclic amines) is 1. The number of rotatable bonds is 3. The molecule has 1 saturated heterocycles. The Morgan fingerprint density at radius 2 is 2.00 bits per heavy atom. The van der Waals surface area contributed by atoms with Gasteiger partial charge in [-0.25, -0.2) is 4.79 Å². The molecule has 1 aliphatic heterocycles. The van der Waals surface area contributed by atoms with E-state index in [2.05, 4.69) is 12.2 Å². The van der Waals surface area contributed by atoms with E-state index in [1.165, 1.54) is 6.42 Å². The van der Waals surface area contributed by atoms with E-state index in [1.54, 1.807) is 0 Å². The van der Waals surface area contributed by atoms with E-state index in [9.17, 15) is 9.59 Å². The number of carboxylic acid groups (broad SMARTS) is 1. The standard InChI is InChI=1S/C14H24N2O3/c1-2-10-6-3-4-9-16(10)14(19)15-12-8-5-7-11(12)13(17)18/h10-12H,2-9H2,1H3,(H,15,19)(H,17,18). The number of carbonyl (C=O) groups excluding carboxylic acids is 1. The number of nitrogens with zero attached hydrogens (tertiary/aromatic N) is 1. The highest BCUT2D eigenvalue weighted by Gasteiger charge is 2.35. The van der Waals surface area contributed by atoms with E-state index in [0.717, 1.165) is 38.6 Å². The summed E-state index contributed by atoms with van der Waals surface area (Å²) in [6, 6.07) is 0.0626. The number of carbonyl (C=O) groups is 2. The first-order chi connectivity index (χ1) is 9.13. The van der Waals surface area contributed by atoms with Gasteiger partial charge in [-0.15, -0.1) is 0 Å². The summed E-state index contributed by atoms with van der Waals surface area (Å²) in [5, 5.41) is 12.1. The minimum atomic E-state index is -0.784. The molecule has 2 N–H and O–H groups in total. The lowest BCUT2D eigenvalue weighted by molar-refractivity contribution is -0.142. The fraction of sp³-hybridized carbons (Fsp3) is 0.857. The molecule has 0 aromatic rings. The Morgan fingerprint density at radius 3 is 2.68 bits per heavy atom. The van der Waals surface area contributed by atoms with Crippen LogP contribution in [0.2, 0.25) is 0 Å². The second-order valence-corrected chi connectivity index (χ2v) is 5.68. The van der Waals surface area contributed by atoms with E-state index >= 15 is 0 Å². The van der Waals surface area contributed by atoms with Crippen molar-refractivity contribution in [2.45, 2.75) is 64.0 Å². The Balaban J connectivity index is 1.94. The van der Waals surface area contributed by atoms with Gasteiger partial charge in [0.25, 0.3) is 0 Å². The molecule has 0 radical (unpaired) electrons. The summed E-state index contributed by atoms with van der Waals surface area (Å²) in [6.45, 7) is 2.90. The summed E-state index contributed by atoms with van der Waals surface area (Å²) < 4.78 is 0. The third kappa shape index (κ3) is 3.19. The molecule has 2 aliphatic rings. The van der Waals surface area contributed by atoms with Crippen LogP contribution >= 0.6 is 0 Å². The zero-order chi connectivity index (χ0) is 13.8. The van der Waals surface area contributed by atoms with Crippen molar-refractivity contribution in [3.63, 3.8) is 0 Å². The maximum Gasteiger partial charge on any atom is 0.317 e. The van der Waals surface area contributed by atoms with Gasteiger partial charge in [-0.2, -0.15) is 0 Å². The zero-order valence-corrected chi connectivity index (χ0v) is 11.6. The van der Waals surface area contributed by atoms with Gasteiger partial charge >= 0.3 is 12.0 Å². The number of hydrogen-bond donors (Lipinski definition) is 2. The van der Waals surface area contributed by atoms with Crippen LogP contribution in [0.25, 0.3) is 0 Å². The smallest absolute Gasteiger partial charge is 0.317 e. The first-order valence-electron chi connectivity index (χ1n) is 7.43. The Labute approximate surface area is 114 Å². The third-order valence-corrected chi connectivity index (χ3v) is 4.50. The van der Waals surface area contributed by atoms with Crippen molar-refractivity contribution < 1.29 is 14.7 Å². The fourth-order valence-electron chi connectivity index (χ4n) is 3.36. The molecule has 0 aromatic heterocycles. The summed E-state index contributed by atoms with van der Waals surface area (Å²) in [7, 11) is 0. The summed E-state index contributed by atoms with van der Waals surface area (Å²) in [5.74, 6) is -1.19. The van der Waals surface area contributed by atoms with Crippen LogP contribution in [0, 0.1) is 5.92 Å². The van der Waals surface area contributed by atoms with Gasteiger partial charge in [-0.05, 0) is 38.5 Å². The van der Waals surface area contributed by atoms with Crippen LogP contribution in [0.5, 0.6) is 0 Å². The van der Waals surface area contributed by atoms with Crippen molar-refractivity contribution in [1.82, 2.24) is 10.2 Å². The molecule has 0 bridgehead atoms. The minimum absolute atomic E-state index is 0.0651. The SMILES string of the molecule is CCC1CCCCN1C(=O)NC1CCCC1C(=O)O. The lowest BCUT2D eigenvalue weighted by atomic mass is 10.00. The first kappa shape index (κ1) is 14.2. The molecule has 2 fully saturated rings. The Kier molecular flexibility index (Phi) is 4.66. The quantitative estimate of drug-likeness (QED) is 0.824. The van der Waals surface area contributed by atoms with Gasteiger partial charge < -0.3 is 15.3 Å².